The molecule has 1 atom stereocenters. The lowest BCUT2D eigenvalue weighted by molar-refractivity contribution is -0.142. The van der Waals surface area contributed by atoms with Crippen molar-refractivity contribution >= 4 is 11.9 Å². The largest absolute Gasteiger partial charge is 0.497 e. The van der Waals surface area contributed by atoms with Gasteiger partial charge in [0, 0.05) is 6.07 Å². The molecule has 6 heteroatoms. The molecule has 0 saturated heterocycles. The van der Waals surface area contributed by atoms with E-state index in [1.165, 1.54) is 21.3 Å². The number of benzene rings is 1. The quantitative estimate of drug-likeness (QED) is 0.805. The molecule has 0 aliphatic rings. The molecule has 6 nitrogen and oxygen atoms in total. The first-order chi connectivity index (χ1) is 9.03. The van der Waals surface area contributed by atoms with E-state index in [0.29, 0.717) is 17.1 Å². The molecule has 1 rings (SSSR count). The van der Waals surface area contributed by atoms with Gasteiger partial charge in [0.1, 0.15) is 17.5 Å². The number of methoxy groups -OCH3 is 3. The van der Waals surface area contributed by atoms with Gasteiger partial charge < -0.3 is 19.5 Å². The molecule has 0 saturated carbocycles. The molecule has 0 aromatic heterocycles. The van der Waals surface area contributed by atoms with Crippen LogP contribution in [0, 0.1) is 0 Å². The van der Waals surface area contributed by atoms with E-state index in [0.717, 1.165) is 0 Å². The fourth-order valence-corrected chi connectivity index (χ4v) is 1.50. The van der Waals surface area contributed by atoms with Crippen LogP contribution >= 0.6 is 0 Å². The number of hydrogen-bond acceptors (Lipinski definition) is 5. The molecule has 0 unspecified atom stereocenters. The average molecular weight is 267 g/mol. The molecule has 0 aliphatic carbocycles. The second-order valence-electron chi connectivity index (χ2n) is 3.78. The molecular weight excluding hydrogens is 250 g/mol. The molecule has 0 spiro atoms. The van der Waals surface area contributed by atoms with Crippen molar-refractivity contribution in [3.63, 3.8) is 0 Å². The fourth-order valence-electron chi connectivity index (χ4n) is 1.50. The molecule has 104 valence electrons. The van der Waals surface area contributed by atoms with Crippen molar-refractivity contribution in [2.24, 2.45) is 0 Å². The van der Waals surface area contributed by atoms with Crippen LogP contribution in [0.2, 0.25) is 0 Å². The standard InChI is InChI=1S/C13H17NO5/c1-8(13(16)19-4)14-12(15)10-6-5-9(17-2)7-11(10)18-3/h5-8H,1-4H3,(H,14,15)/t8-/m0/s1. The van der Waals surface area contributed by atoms with Crippen molar-refractivity contribution < 1.29 is 23.8 Å². The Bertz CT molecular complexity index is 472. The highest BCUT2D eigenvalue weighted by Crippen LogP contribution is 2.24. The fraction of sp³-hybridized carbons (Fsp3) is 0.385. The number of hydrogen-bond donors (Lipinski definition) is 1. The molecular formula is C13H17NO5. The van der Waals surface area contributed by atoms with E-state index in [1.807, 2.05) is 0 Å². The minimum absolute atomic E-state index is 0.319. The Hall–Kier alpha value is -2.24. The van der Waals surface area contributed by atoms with E-state index in [2.05, 4.69) is 10.1 Å². The van der Waals surface area contributed by atoms with Crippen LogP contribution in [0.15, 0.2) is 18.2 Å². The van der Waals surface area contributed by atoms with Gasteiger partial charge in [0.25, 0.3) is 5.91 Å². The van der Waals surface area contributed by atoms with Gasteiger partial charge in [0.05, 0.1) is 26.9 Å². The average Bonchev–Trinajstić information content (AvgIpc) is 2.45. The van der Waals surface area contributed by atoms with Crippen LogP contribution in [0.3, 0.4) is 0 Å². The summed E-state index contributed by atoms with van der Waals surface area (Å²) in [4.78, 5) is 23.3. The minimum atomic E-state index is -0.732. The number of rotatable bonds is 5. The van der Waals surface area contributed by atoms with Gasteiger partial charge in [0.15, 0.2) is 0 Å². The number of ether oxygens (including phenoxy) is 3. The summed E-state index contributed by atoms with van der Waals surface area (Å²) in [7, 11) is 4.24. The van der Waals surface area contributed by atoms with E-state index in [9.17, 15) is 9.59 Å². The second kappa shape index (κ2) is 6.63. The zero-order chi connectivity index (χ0) is 14.4. The highest BCUT2D eigenvalue weighted by atomic mass is 16.5. The Morgan fingerprint density at radius 3 is 2.37 bits per heavy atom. The Morgan fingerprint density at radius 2 is 1.84 bits per heavy atom. The summed E-state index contributed by atoms with van der Waals surface area (Å²) in [6.45, 7) is 1.54. The predicted octanol–water partition coefficient (Wildman–Crippen LogP) is 0.995. The summed E-state index contributed by atoms with van der Waals surface area (Å²) in [5, 5.41) is 2.52. The Labute approximate surface area is 111 Å². The highest BCUT2D eigenvalue weighted by molar-refractivity contribution is 5.99. The lowest BCUT2D eigenvalue weighted by Crippen LogP contribution is -2.39. The molecule has 0 radical (unpaired) electrons. The SMILES string of the molecule is COC(=O)[C@H](C)NC(=O)c1ccc(OC)cc1OC. The van der Waals surface area contributed by atoms with Gasteiger partial charge in [-0.05, 0) is 19.1 Å². The van der Waals surface area contributed by atoms with Crippen LogP contribution in [0.5, 0.6) is 11.5 Å². The Kier molecular flexibility index (Phi) is 5.17. The van der Waals surface area contributed by atoms with Crippen LogP contribution in [0.1, 0.15) is 17.3 Å². The molecule has 1 aromatic carbocycles. The maximum atomic E-state index is 12.0. The molecule has 0 bridgehead atoms. The van der Waals surface area contributed by atoms with Crippen molar-refractivity contribution in [2.75, 3.05) is 21.3 Å². The van der Waals surface area contributed by atoms with Crippen LogP contribution in [0.25, 0.3) is 0 Å². The van der Waals surface area contributed by atoms with E-state index in [-0.39, 0.29) is 0 Å². The maximum Gasteiger partial charge on any atom is 0.328 e. The number of carbonyl (C=O) groups excluding carboxylic acids is 2. The zero-order valence-electron chi connectivity index (χ0n) is 11.4. The van der Waals surface area contributed by atoms with Gasteiger partial charge in [-0.25, -0.2) is 4.79 Å². The Morgan fingerprint density at radius 1 is 1.16 bits per heavy atom. The van der Waals surface area contributed by atoms with E-state index in [4.69, 9.17) is 9.47 Å². The molecule has 1 N–H and O–H groups in total. The topological polar surface area (TPSA) is 73.9 Å². The monoisotopic (exact) mass is 267 g/mol. The minimum Gasteiger partial charge on any atom is -0.497 e. The third-order valence-electron chi connectivity index (χ3n) is 2.56. The molecule has 0 heterocycles. The molecule has 0 fully saturated rings. The summed E-state index contributed by atoms with van der Waals surface area (Å²) < 4.78 is 14.7. The second-order valence-corrected chi connectivity index (χ2v) is 3.78. The molecule has 0 aliphatic heterocycles. The third kappa shape index (κ3) is 3.61. The summed E-state index contributed by atoms with van der Waals surface area (Å²) in [5.41, 5.74) is 0.319. The Balaban J connectivity index is 2.90. The molecule has 19 heavy (non-hydrogen) atoms. The van der Waals surface area contributed by atoms with Crippen molar-refractivity contribution in [1.82, 2.24) is 5.32 Å². The van der Waals surface area contributed by atoms with E-state index < -0.39 is 17.9 Å². The summed E-state index contributed by atoms with van der Waals surface area (Å²) >= 11 is 0. The first-order valence-electron chi connectivity index (χ1n) is 5.64. The number of esters is 1. The first-order valence-corrected chi connectivity index (χ1v) is 5.64. The van der Waals surface area contributed by atoms with Crippen molar-refractivity contribution in [3.8, 4) is 11.5 Å². The zero-order valence-corrected chi connectivity index (χ0v) is 11.4. The lowest BCUT2D eigenvalue weighted by atomic mass is 10.1. The summed E-state index contributed by atoms with van der Waals surface area (Å²) in [6, 6.07) is 4.07. The first kappa shape index (κ1) is 14.8. The highest BCUT2D eigenvalue weighted by Gasteiger charge is 2.19. The van der Waals surface area contributed by atoms with Gasteiger partial charge in [0.2, 0.25) is 0 Å². The van der Waals surface area contributed by atoms with Crippen LogP contribution < -0.4 is 14.8 Å². The van der Waals surface area contributed by atoms with Gasteiger partial charge in [-0.2, -0.15) is 0 Å². The summed E-state index contributed by atoms with van der Waals surface area (Å²) in [6.07, 6.45) is 0. The maximum absolute atomic E-state index is 12.0. The normalized spacial score (nSPS) is 11.4. The van der Waals surface area contributed by atoms with Crippen molar-refractivity contribution in [1.29, 1.82) is 0 Å². The van der Waals surface area contributed by atoms with E-state index in [1.54, 1.807) is 25.1 Å². The van der Waals surface area contributed by atoms with Gasteiger partial charge in [-0.15, -0.1) is 0 Å². The third-order valence-corrected chi connectivity index (χ3v) is 2.56. The smallest absolute Gasteiger partial charge is 0.328 e. The number of nitrogens with one attached hydrogen (secondary N) is 1. The molecule has 1 amide bonds. The lowest BCUT2D eigenvalue weighted by Gasteiger charge is -2.14. The summed E-state index contributed by atoms with van der Waals surface area (Å²) in [5.74, 6) is 0.0153. The van der Waals surface area contributed by atoms with Crippen LogP contribution in [-0.2, 0) is 9.53 Å². The van der Waals surface area contributed by atoms with Gasteiger partial charge in [-0.3, -0.25) is 4.79 Å². The van der Waals surface area contributed by atoms with Gasteiger partial charge in [-0.1, -0.05) is 0 Å². The van der Waals surface area contributed by atoms with Crippen LogP contribution in [0.4, 0.5) is 0 Å². The van der Waals surface area contributed by atoms with E-state index >= 15 is 0 Å². The van der Waals surface area contributed by atoms with Gasteiger partial charge >= 0.3 is 5.97 Å². The van der Waals surface area contributed by atoms with Crippen molar-refractivity contribution in [3.05, 3.63) is 23.8 Å². The number of carbonyl (C=O) groups is 2. The predicted molar refractivity (Wildman–Crippen MR) is 68.5 cm³/mol. The number of amides is 1. The van der Waals surface area contributed by atoms with Crippen molar-refractivity contribution in [2.45, 2.75) is 13.0 Å². The van der Waals surface area contributed by atoms with Crippen LogP contribution in [-0.4, -0.2) is 39.2 Å². The molecule has 1 aromatic rings.